The number of hydrogen-bond donors (Lipinski definition) is 0. The van der Waals surface area contributed by atoms with E-state index in [1.807, 2.05) is 41.3 Å². The molecule has 1 aliphatic rings. The van der Waals surface area contributed by atoms with Gasteiger partial charge in [0.15, 0.2) is 6.10 Å². The van der Waals surface area contributed by atoms with E-state index in [1.54, 1.807) is 13.2 Å². The summed E-state index contributed by atoms with van der Waals surface area (Å²) >= 11 is 0. The van der Waals surface area contributed by atoms with Crippen LogP contribution < -0.4 is 0 Å². The summed E-state index contributed by atoms with van der Waals surface area (Å²) in [5.41, 5.74) is 1.52. The standard InChI is InChI=1S/C24H27NO4/c1-15-7-6-8-16(2)25(15)24(27)17(3)29-22(26)13-19-14-28-21-12-11-18-9-4-5-10-20(18)23(19)21/h4-5,9-12,14-17H,6-8,13H2,1-3H3/t15-,16+,17-/m1/s1. The van der Waals surface area contributed by atoms with Crippen molar-refractivity contribution in [1.29, 1.82) is 0 Å². The monoisotopic (exact) mass is 393 g/mol. The van der Waals surface area contributed by atoms with Crippen LogP contribution in [-0.2, 0) is 20.7 Å². The highest BCUT2D eigenvalue weighted by molar-refractivity contribution is 6.08. The molecule has 5 heteroatoms. The average molecular weight is 393 g/mol. The molecule has 1 aromatic heterocycles. The van der Waals surface area contributed by atoms with E-state index in [9.17, 15) is 9.59 Å². The molecular weight excluding hydrogens is 366 g/mol. The Labute approximate surface area is 170 Å². The first-order valence-electron chi connectivity index (χ1n) is 10.3. The van der Waals surface area contributed by atoms with Gasteiger partial charge in [0.1, 0.15) is 5.58 Å². The number of rotatable bonds is 4. The third kappa shape index (κ3) is 3.74. The Hall–Kier alpha value is -2.82. The molecule has 1 amide bonds. The number of carbonyl (C=O) groups is 2. The fourth-order valence-electron chi connectivity index (χ4n) is 4.51. The van der Waals surface area contributed by atoms with Crippen molar-refractivity contribution < 1.29 is 18.7 Å². The molecule has 3 aromatic rings. The Bertz CT molecular complexity index is 1040. The molecule has 0 N–H and O–H groups in total. The van der Waals surface area contributed by atoms with Crippen LogP contribution in [0, 0.1) is 0 Å². The number of nitrogens with zero attached hydrogens (tertiary/aromatic N) is 1. The van der Waals surface area contributed by atoms with Crippen molar-refractivity contribution in [1.82, 2.24) is 4.90 Å². The largest absolute Gasteiger partial charge is 0.464 e. The number of ether oxygens (including phenoxy) is 1. The van der Waals surface area contributed by atoms with Crippen molar-refractivity contribution >= 4 is 33.6 Å². The molecular formula is C24H27NO4. The molecule has 0 unspecified atom stereocenters. The number of hydrogen-bond acceptors (Lipinski definition) is 4. The van der Waals surface area contributed by atoms with E-state index in [0.717, 1.165) is 46.6 Å². The van der Waals surface area contributed by atoms with Gasteiger partial charge in [0.25, 0.3) is 5.91 Å². The van der Waals surface area contributed by atoms with Crippen molar-refractivity contribution in [3.63, 3.8) is 0 Å². The Kier molecular flexibility index (Phi) is 5.31. The second kappa shape index (κ2) is 7.90. The first kappa shape index (κ1) is 19.5. The molecule has 0 spiro atoms. The second-order valence-electron chi connectivity index (χ2n) is 8.10. The Morgan fingerprint density at radius 1 is 1.14 bits per heavy atom. The van der Waals surface area contributed by atoms with Crippen LogP contribution in [0.25, 0.3) is 21.7 Å². The number of piperidine rings is 1. The van der Waals surface area contributed by atoms with Crippen LogP contribution in [0.5, 0.6) is 0 Å². The predicted octanol–water partition coefficient (Wildman–Crippen LogP) is 4.85. The van der Waals surface area contributed by atoms with Crippen LogP contribution in [0.1, 0.15) is 45.6 Å². The molecule has 0 bridgehead atoms. The van der Waals surface area contributed by atoms with E-state index < -0.39 is 12.1 Å². The van der Waals surface area contributed by atoms with E-state index in [2.05, 4.69) is 13.8 Å². The molecule has 1 saturated heterocycles. The Balaban J connectivity index is 1.50. The number of carbonyl (C=O) groups excluding carboxylic acids is 2. The number of fused-ring (bicyclic) bond motifs is 3. The number of likely N-dealkylation sites (tertiary alicyclic amines) is 1. The smallest absolute Gasteiger partial charge is 0.311 e. The first-order chi connectivity index (χ1) is 14.0. The summed E-state index contributed by atoms with van der Waals surface area (Å²) < 4.78 is 11.2. The number of benzene rings is 2. The fraction of sp³-hybridized carbons (Fsp3) is 0.417. The molecule has 0 radical (unpaired) electrons. The molecule has 0 aliphatic carbocycles. The maximum absolute atomic E-state index is 12.9. The van der Waals surface area contributed by atoms with Gasteiger partial charge in [0.2, 0.25) is 0 Å². The maximum atomic E-state index is 12.9. The summed E-state index contributed by atoms with van der Waals surface area (Å²) in [7, 11) is 0. The van der Waals surface area contributed by atoms with Gasteiger partial charge in [-0.05, 0) is 56.9 Å². The van der Waals surface area contributed by atoms with Gasteiger partial charge < -0.3 is 14.1 Å². The zero-order chi connectivity index (χ0) is 20.5. The minimum Gasteiger partial charge on any atom is -0.464 e. The third-order valence-corrected chi connectivity index (χ3v) is 5.98. The second-order valence-corrected chi connectivity index (χ2v) is 8.10. The number of amides is 1. The first-order valence-corrected chi connectivity index (χ1v) is 10.3. The van der Waals surface area contributed by atoms with Crippen LogP contribution in [0.2, 0.25) is 0 Å². The van der Waals surface area contributed by atoms with Crippen molar-refractivity contribution in [2.24, 2.45) is 0 Å². The van der Waals surface area contributed by atoms with E-state index in [-0.39, 0.29) is 24.4 Å². The Morgan fingerprint density at radius 2 is 1.86 bits per heavy atom. The van der Waals surface area contributed by atoms with Gasteiger partial charge in [0, 0.05) is 23.0 Å². The van der Waals surface area contributed by atoms with Gasteiger partial charge in [-0.25, -0.2) is 0 Å². The van der Waals surface area contributed by atoms with Gasteiger partial charge in [0.05, 0.1) is 12.7 Å². The molecule has 5 nitrogen and oxygen atoms in total. The molecule has 3 atom stereocenters. The van der Waals surface area contributed by atoms with Crippen LogP contribution in [0.3, 0.4) is 0 Å². The summed E-state index contributed by atoms with van der Waals surface area (Å²) in [5.74, 6) is -0.528. The van der Waals surface area contributed by atoms with Crippen molar-refractivity contribution in [2.45, 2.75) is 64.6 Å². The number of furan rings is 1. The van der Waals surface area contributed by atoms with Gasteiger partial charge in [-0.1, -0.05) is 30.3 Å². The molecule has 152 valence electrons. The van der Waals surface area contributed by atoms with Crippen LogP contribution >= 0.6 is 0 Å². The quantitative estimate of drug-likeness (QED) is 0.595. The fourth-order valence-corrected chi connectivity index (χ4v) is 4.51. The molecule has 2 heterocycles. The van der Waals surface area contributed by atoms with E-state index in [1.165, 1.54) is 0 Å². The Morgan fingerprint density at radius 3 is 2.62 bits per heavy atom. The lowest BCUT2D eigenvalue weighted by atomic mass is 9.97. The minimum absolute atomic E-state index is 0.0731. The average Bonchev–Trinajstić information content (AvgIpc) is 3.10. The van der Waals surface area contributed by atoms with Gasteiger partial charge >= 0.3 is 5.97 Å². The van der Waals surface area contributed by atoms with E-state index >= 15 is 0 Å². The van der Waals surface area contributed by atoms with Crippen LogP contribution in [0.15, 0.2) is 47.1 Å². The summed E-state index contributed by atoms with van der Waals surface area (Å²) in [6, 6.07) is 12.3. The molecule has 1 fully saturated rings. The van der Waals surface area contributed by atoms with Crippen molar-refractivity contribution in [3.8, 4) is 0 Å². The van der Waals surface area contributed by atoms with E-state index in [0.29, 0.717) is 0 Å². The van der Waals surface area contributed by atoms with Crippen LogP contribution in [-0.4, -0.2) is 35.0 Å². The van der Waals surface area contributed by atoms with Gasteiger partial charge in [-0.15, -0.1) is 0 Å². The number of esters is 1. The summed E-state index contributed by atoms with van der Waals surface area (Å²) in [6.45, 7) is 5.78. The highest BCUT2D eigenvalue weighted by Gasteiger charge is 2.33. The zero-order valence-corrected chi connectivity index (χ0v) is 17.2. The summed E-state index contributed by atoms with van der Waals surface area (Å²) in [6.07, 6.45) is 4.00. The normalized spacial score (nSPS) is 20.7. The molecule has 0 saturated carbocycles. The van der Waals surface area contributed by atoms with E-state index in [4.69, 9.17) is 9.15 Å². The SMILES string of the molecule is C[C@@H]1CCC[C@H](C)N1C(=O)[C@@H](C)OC(=O)Cc1coc2ccc3ccccc3c12. The summed E-state index contributed by atoms with van der Waals surface area (Å²) in [5, 5.41) is 3.06. The van der Waals surface area contributed by atoms with Crippen molar-refractivity contribution in [2.75, 3.05) is 0 Å². The highest BCUT2D eigenvalue weighted by Crippen LogP contribution is 2.30. The van der Waals surface area contributed by atoms with Gasteiger partial charge in [-0.2, -0.15) is 0 Å². The predicted molar refractivity (Wildman–Crippen MR) is 113 cm³/mol. The lowest BCUT2D eigenvalue weighted by Gasteiger charge is -2.40. The molecule has 29 heavy (non-hydrogen) atoms. The topological polar surface area (TPSA) is 59.8 Å². The van der Waals surface area contributed by atoms with Crippen LogP contribution in [0.4, 0.5) is 0 Å². The lowest BCUT2D eigenvalue weighted by molar-refractivity contribution is -0.161. The maximum Gasteiger partial charge on any atom is 0.311 e. The van der Waals surface area contributed by atoms with Gasteiger partial charge in [-0.3, -0.25) is 9.59 Å². The third-order valence-electron chi connectivity index (χ3n) is 5.98. The summed E-state index contributed by atoms with van der Waals surface area (Å²) in [4.78, 5) is 27.4. The molecule has 1 aliphatic heterocycles. The minimum atomic E-state index is -0.791. The lowest BCUT2D eigenvalue weighted by Crippen LogP contribution is -2.51. The zero-order valence-electron chi connectivity index (χ0n) is 17.2. The molecule has 2 aromatic carbocycles. The van der Waals surface area contributed by atoms with Crippen molar-refractivity contribution in [3.05, 3.63) is 48.2 Å². The highest BCUT2D eigenvalue weighted by atomic mass is 16.5. The molecule has 4 rings (SSSR count).